The highest BCUT2D eigenvalue weighted by Crippen LogP contribution is 2.60. The third kappa shape index (κ3) is 2.89. The first-order valence-electron chi connectivity index (χ1n) is 8.28. The Hall–Kier alpha value is -0.960. The number of hydrogen-bond donors (Lipinski definition) is 1. The molecule has 0 aromatic heterocycles. The van der Waals surface area contributed by atoms with Crippen LogP contribution in [0, 0.1) is 23.7 Å². The van der Waals surface area contributed by atoms with Gasteiger partial charge >= 0.3 is 21.5 Å². The highest BCUT2D eigenvalue weighted by Gasteiger charge is 2.59. The highest BCUT2D eigenvalue weighted by molar-refractivity contribution is 7.86. The molecule has 0 saturated heterocycles. The van der Waals surface area contributed by atoms with Crippen molar-refractivity contribution in [3.8, 4) is 0 Å². The van der Waals surface area contributed by atoms with Crippen LogP contribution < -0.4 is 0 Å². The summed E-state index contributed by atoms with van der Waals surface area (Å²) in [6, 6.07) is 0. The van der Waals surface area contributed by atoms with Gasteiger partial charge in [-0.25, -0.2) is 4.79 Å². The summed E-state index contributed by atoms with van der Waals surface area (Å²) >= 11 is 0. The molecule has 4 saturated carbocycles. The van der Waals surface area contributed by atoms with Crippen molar-refractivity contribution in [3.05, 3.63) is 0 Å². The van der Waals surface area contributed by atoms with E-state index in [4.69, 9.17) is 9.29 Å². The van der Waals surface area contributed by atoms with Gasteiger partial charge in [0.25, 0.3) is 0 Å². The molecule has 0 unspecified atom stereocenters. The maximum atomic E-state index is 13.2. The van der Waals surface area contributed by atoms with E-state index >= 15 is 0 Å². The third-order valence-corrected chi connectivity index (χ3v) is 6.95. The lowest BCUT2D eigenvalue weighted by molar-refractivity contribution is -0.187. The van der Waals surface area contributed by atoms with E-state index in [0.717, 1.165) is 25.7 Å². The molecule has 24 heavy (non-hydrogen) atoms. The number of ether oxygens (including phenoxy) is 2. The van der Waals surface area contributed by atoms with Crippen LogP contribution in [0.4, 0.5) is 13.6 Å². The SMILES string of the molecule is CCC1(OC(=O)OCC(F)(F)S(=O)(=O)O)C2CC3CC(C2)CC1C3. The summed E-state index contributed by atoms with van der Waals surface area (Å²) in [6.07, 6.45) is 4.37. The second-order valence-electron chi connectivity index (χ2n) is 7.37. The molecule has 4 aliphatic rings. The largest absolute Gasteiger partial charge is 0.509 e. The van der Waals surface area contributed by atoms with Gasteiger partial charge in [0.15, 0.2) is 6.61 Å². The first kappa shape index (κ1) is 17.8. The summed E-state index contributed by atoms with van der Waals surface area (Å²) < 4.78 is 65.7. The Labute approximate surface area is 139 Å². The van der Waals surface area contributed by atoms with E-state index in [2.05, 4.69) is 4.74 Å². The molecular formula is C15H22F2O6S. The quantitative estimate of drug-likeness (QED) is 0.592. The Morgan fingerprint density at radius 3 is 2.08 bits per heavy atom. The second kappa shape index (κ2) is 5.79. The van der Waals surface area contributed by atoms with Gasteiger partial charge in [0.1, 0.15) is 5.60 Å². The molecule has 0 heterocycles. The van der Waals surface area contributed by atoms with E-state index < -0.39 is 33.7 Å². The topological polar surface area (TPSA) is 89.9 Å². The lowest BCUT2D eigenvalue weighted by atomic mass is 9.49. The molecule has 9 heteroatoms. The molecule has 4 aliphatic carbocycles. The van der Waals surface area contributed by atoms with Gasteiger partial charge in [-0.1, -0.05) is 6.92 Å². The first-order chi connectivity index (χ1) is 11.1. The van der Waals surface area contributed by atoms with E-state index in [1.54, 1.807) is 0 Å². The third-order valence-electron chi connectivity index (χ3n) is 6.08. The van der Waals surface area contributed by atoms with Gasteiger partial charge in [0.05, 0.1) is 0 Å². The van der Waals surface area contributed by atoms with Crippen LogP contribution in [0.25, 0.3) is 0 Å². The van der Waals surface area contributed by atoms with Crippen molar-refractivity contribution in [2.45, 2.75) is 56.3 Å². The monoisotopic (exact) mass is 368 g/mol. The number of carbonyl (C=O) groups is 1. The van der Waals surface area contributed by atoms with E-state index in [9.17, 15) is 22.0 Å². The molecule has 4 rings (SSSR count). The zero-order chi connectivity index (χ0) is 17.8. The maximum Gasteiger partial charge on any atom is 0.509 e. The first-order valence-corrected chi connectivity index (χ1v) is 9.72. The molecule has 0 aliphatic heterocycles. The Morgan fingerprint density at radius 1 is 1.17 bits per heavy atom. The van der Waals surface area contributed by atoms with Gasteiger partial charge in [-0.3, -0.25) is 4.55 Å². The van der Waals surface area contributed by atoms with Gasteiger partial charge in [0.2, 0.25) is 0 Å². The average Bonchev–Trinajstić information content (AvgIpc) is 2.47. The second-order valence-corrected chi connectivity index (χ2v) is 8.91. The Bertz CT molecular complexity index is 589. The van der Waals surface area contributed by atoms with Crippen LogP contribution in [0.2, 0.25) is 0 Å². The molecule has 6 nitrogen and oxygen atoms in total. The molecule has 138 valence electrons. The van der Waals surface area contributed by atoms with Crippen molar-refractivity contribution in [3.63, 3.8) is 0 Å². The molecule has 0 aromatic rings. The predicted octanol–water partition coefficient (Wildman–Crippen LogP) is 3.23. The fourth-order valence-electron chi connectivity index (χ4n) is 5.20. The summed E-state index contributed by atoms with van der Waals surface area (Å²) in [4.78, 5) is 11.9. The number of hydrogen-bond acceptors (Lipinski definition) is 5. The maximum absolute atomic E-state index is 13.2. The lowest BCUT2D eigenvalue weighted by Gasteiger charge is -2.59. The van der Waals surface area contributed by atoms with Crippen molar-refractivity contribution in [1.82, 2.24) is 0 Å². The van der Waals surface area contributed by atoms with Crippen molar-refractivity contribution in [2.75, 3.05) is 6.61 Å². The fourth-order valence-corrected chi connectivity index (χ4v) is 5.41. The van der Waals surface area contributed by atoms with Crippen LogP contribution in [0.5, 0.6) is 0 Å². The van der Waals surface area contributed by atoms with Crippen molar-refractivity contribution in [1.29, 1.82) is 0 Å². The Kier molecular flexibility index (Phi) is 4.31. The zero-order valence-corrected chi connectivity index (χ0v) is 14.2. The molecule has 0 spiro atoms. The average molecular weight is 368 g/mol. The summed E-state index contributed by atoms with van der Waals surface area (Å²) in [5, 5.41) is -4.55. The molecular weight excluding hydrogens is 346 g/mol. The van der Waals surface area contributed by atoms with E-state index in [0.29, 0.717) is 18.3 Å². The molecule has 0 radical (unpaired) electrons. The summed E-state index contributed by atoms with van der Waals surface area (Å²) in [7, 11) is -5.63. The van der Waals surface area contributed by atoms with Crippen LogP contribution in [0.3, 0.4) is 0 Å². The van der Waals surface area contributed by atoms with Gasteiger partial charge in [-0.05, 0) is 62.2 Å². The van der Waals surface area contributed by atoms with Crippen LogP contribution in [0.1, 0.15) is 45.4 Å². The molecule has 4 fully saturated rings. The number of alkyl halides is 2. The molecule has 0 aromatic carbocycles. The van der Waals surface area contributed by atoms with Crippen molar-refractivity contribution in [2.24, 2.45) is 23.7 Å². The molecule has 0 atom stereocenters. The van der Waals surface area contributed by atoms with Gasteiger partial charge in [-0.2, -0.15) is 17.2 Å². The molecule has 0 amide bonds. The van der Waals surface area contributed by atoms with Crippen LogP contribution in [-0.4, -0.2) is 36.6 Å². The van der Waals surface area contributed by atoms with E-state index in [1.807, 2.05) is 6.92 Å². The molecule has 4 bridgehead atoms. The van der Waals surface area contributed by atoms with E-state index in [1.165, 1.54) is 6.42 Å². The van der Waals surface area contributed by atoms with Crippen molar-refractivity contribution >= 4 is 16.3 Å². The minimum Gasteiger partial charge on any atom is -0.427 e. The predicted molar refractivity (Wildman–Crippen MR) is 79.0 cm³/mol. The zero-order valence-electron chi connectivity index (χ0n) is 13.4. The number of halogens is 2. The molecule has 1 N–H and O–H groups in total. The van der Waals surface area contributed by atoms with Gasteiger partial charge < -0.3 is 9.47 Å². The Morgan fingerprint density at radius 2 is 1.67 bits per heavy atom. The van der Waals surface area contributed by atoms with Crippen molar-refractivity contribution < 1.29 is 36.0 Å². The minimum atomic E-state index is -5.63. The fraction of sp³-hybridized carbons (Fsp3) is 0.933. The van der Waals surface area contributed by atoms with Crippen LogP contribution >= 0.6 is 0 Å². The smallest absolute Gasteiger partial charge is 0.427 e. The van der Waals surface area contributed by atoms with Gasteiger partial charge in [-0.15, -0.1) is 0 Å². The summed E-state index contributed by atoms with van der Waals surface area (Å²) in [5.74, 6) is 1.70. The lowest BCUT2D eigenvalue weighted by Crippen LogP contribution is -2.59. The Balaban J connectivity index is 1.67. The van der Waals surface area contributed by atoms with Crippen LogP contribution in [0.15, 0.2) is 0 Å². The normalized spacial score (nSPS) is 38.2. The van der Waals surface area contributed by atoms with E-state index in [-0.39, 0.29) is 11.8 Å². The number of rotatable bonds is 5. The summed E-state index contributed by atoms with van der Waals surface area (Å²) in [6.45, 7) is 0.146. The number of carbonyl (C=O) groups excluding carboxylic acids is 1. The minimum absolute atomic E-state index is 0.202. The standard InChI is InChI=1S/C15H22F2O6S/c1-2-14(11-4-9-3-10(6-11)7-12(14)5-9)23-13(18)22-8-15(16,17)24(19,20)21/h9-12H,2-8H2,1H3,(H,19,20,21). The van der Waals surface area contributed by atoms with Crippen LogP contribution in [-0.2, 0) is 19.6 Å². The van der Waals surface area contributed by atoms with Gasteiger partial charge in [0, 0.05) is 0 Å². The highest BCUT2D eigenvalue weighted by atomic mass is 32.2. The summed E-state index contributed by atoms with van der Waals surface area (Å²) in [5.41, 5.74) is -0.710.